The third-order valence-corrected chi connectivity index (χ3v) is 3.52. The molecule has 0 aliphatic carbocycles. The number of hydrogen-bond donors (Lipinski definition) is 0. The summed E-state index contributed by atoms with van der Waals surface area (Å²) in [6.07, 6.45) is 8.02. The van der Waals surface area contributed by atoms with E-state index in [0.717, 1.165) is 13.0 Å². The lowest BCUT2D eigenvalue weighted by Crippen LogP contribution is -2.32. The van der Waals surface area contributed by atoms with Gasteiger partial charge in [0.1, 0.15) is 6.10 Å². The summed E-state index contributed by atoms with van der Waals surface area (Å²) in [4.78, 5) is 18.2. The Morgan fingerprint density at radius 3 is 2.68 bits per heavy atom. The molecule has 0 radical (unpaired) electrons. The molecule has 1 atom stereocenters. The van der Waals surface area contributed by atoms with Crippen LogP contribution in [0.15, 0.2) is 24.5 Å². The number of carbonyl (C=O) groups excluding carboxylic acids is 1. The van der Waals surface area contributed by atoms with Gasteiger partial charge in [-0.05, 0) is 51.4 Å². The van der Waals surface area contributed by atoms with Gasteiger partial charge in [0.2, 0.25) is 0 Å². The van der Waals surface area contributed by atoms with Crippen LogP contribution in [0.1, 0.15) is 43.0 Å². The van der Waals surface area contributed by atoms with Crippen molar-refractivity contribution in [1.82, 2.24) is 9.88 Å². The highest BCUT2D eigenvalue weighted by atomic mass is 16.5. The molecule has 1 aliphatic rings. The second-order valence-electron chi connectivity index (χ2n) is 5.14. The highest BCUT2D eigenvalue weighted by molar-refractivity contribution is 5.89. The van der Waals surface area contributed by atoms with Gasteiger partial charge in [0.15, 0.2) is 0 Å². The highest BCUT2D eigenvalue weighted by Crippen LogP contribution is 2.11. The minimum absolute atomic E-state index is 0.0393. The zero-order chi connectivity index (χ0) is 13.5. The van der Waals surface area contributed by atoms with E-state index >= 15 is 0 Å². The van der Waals surface area contributed by atoms with Crippen LogP contribution in [-0.2, 0) is 4.74 Å². The van der Waals surface area contributed by atoms with Gasteiger partial charge >= 0.3 is 5.97 Å². The number of pyridine rings is 1. The molecule has 0 amide bonds. The highest BCUT2D eigenvalue weighted by Gasteiger charge is 2.14. The fraction of sp³-hybridized carbons (Fsp3) is 0.600. The summed E-state index contributed by atoms with van der Waals surface area (Å²) in [5.74, 6) is -0.256. The number of ether oxygens (including phenoxy) is 1. The molecule has 0 aromatic carbocycles. The summed E-state index contributed by atoms with van der Waals surface area (Å²) in [6.45, 7) is 5.35. The van der Waals surface area contributed by atoms with Crippen LogP contribution in [0.5, 0.6) is 0 Å². The smallest absolute Gasteiger partial charge is 0.338 e. The van der Waals surface area contributed by atoms with Crippen LogP contribution in [0, 0.1) is 0 Å². The summed E-state index contributed by atoms with van der Waals surface area (Å²) < 4.78 is 5.43. The van der Waals surface area contributed by atoms with Gasteiger partial charge < -0.3 is 9.64 Å². The van der Waals surface area contributed by atoms with Crippen molar-refractivity contribution in [3.63, 3.8) is 0 Å². The fourth-order valence-corrected chi connectivity index (χ4v) is 2.35. The molecule has 0 bridgehead atoms. The Morgan fingerprint density at radius 1 is 1.32 bits per heavy atom. The molecule has 4 nitrogen and oxygen atoms in total. The Labute approximate surface area is 114 Å². The lowest BCUT2D eigenvalue weighted by atomic mass is 10.1. The Hall–Kier alpha value is -1.42. The van der Waals surface area contributed by atoms with Gasteiger partial charge in [-0.2, -0.15) is 0 Å². The molecule has 4 heteroatoms. The minimum Gasteiger partial charge on any atom is -0.459 e. The lowest BCUT2D eigenvalue weighted by molar-refractivity contribution is 0.0297. The zero-order valence-electron chi connectivity index (χ0n) is 11.5. The standard InChI is InChI=1S/C15H22N2O2/c1-13(7-12-17-10-3-2-4-11-17)19-15(18)14-5-8-16-9-6-14/h5-6,8-9,13H,2-4,7,10-12H2,1H3. The monoisotopic (exact) mass is 262 g/mol. The maximum atomic E-state index is 11.8. The molecule has 1 aromatic heterocycles. The first kappa shape index (κ1) is 14.0. The van der Waals surface area contributed by atoms with Crippen molar-refractivity contribution in [2.75, 3.05) is 19.6 Å². The second kappa shape index (κ2) is 7.24. The molecule has 0 saturated carbocycles. The average molecular weight is 262 g/mol. The van der Waals surface area contributed by atoms with Gasteiger partial charge in [0.25, 0.3) is 0 Å². The molecule has 1 fully saturated rings. The largest absolute Gasteiger partial charge is 0.459 e. The topological polar surface area (TPSA) is 42.4 Å². The first-order valence-electron chi connectivity index (χ1n) is 7.09. The van der Waals surface area contributed by atoms with E-state index < -0.39 is 0 Å². The molecule has 1 unspecified atom stereocenters. The molecule has 104 valence electrons. The van der Waals surface area contributed by atoms with E-state index in [1.54, 1.807) is 24.5 Å². The van der Waals surface area contributed by atoms with Crippen molar-refractivity contribution in [2.45, 2.75) is 38.7 Å². The van der Waals surface area contributed by atoms with Gasteiger partial charge in [-0.25, -0.2) is 4.79 Å². The van der Waals surface area contributed by atoms with E-state index in [4.69, 9.17) is 4.74 Å². The third-order valence-electron chi connectivity index (χ3n) is 3.52. The van der Waals surface area contributed by atoms with Crippen LogP contribution in [0.3, 0.4) is 0 Å². The van der Waals surface area contributed by atoms with Gasteiger partial charge in [-0.15, -0.1) is 0 Å². The van der Waals surface area contributed by atoms with E-state index in [2.05, 4.69) is 9.88 Å². The van der Waals surface area contributed by atoms with Crippen LogP contribution in [0.2, 0.25) is 0 Å². The SMILES string of the molecule is CC(CCN1CCCCC1)OC(=O)c1ccncc1. The number of carbonyl (C=O) groups is 1. The van der Waals surface area contributed by atoms with E-state index in [0.29, 0.717) is 5.56 Å². The molecule has 1 aromatic rings. The Bertz CT molecular complexity index is 388. The average Bonchev–Trinajstić information content (AvgIpc) is 2.47. The van der Waals surface area contributed by atoms with E-state index in [1.807, 2.05) is 6.92 Å². The van der Waals surface area contributed by atoms with E-state index in [1.165, 1.54) is 32.4 Å². The van der Waals surface area contributed by atoms with Crippen molar-refractivity contribution in [1.29, 1.82) is 0 Å². The Morgan fingerprint density at radius 2 is 2.00 bits per heavy atom. The van der Waals surface area contributed by atoms with Crippen LogP contribution >= 0.6 is 0 Å². The van der Waals surface area contributed by atoms with Crippen LogP contribution in [0.25, 0.3) is 0 Å². The Kier molecular flexibility index (Phi) is 5.33. The fourth-order valence-electron chi connectivity index (χ4n) is 2.35. The third kappa shape index (κ3) is 4.63. The number of esters is 1. The van der Waals surface area contributed by atoms with Gasteiger partial charge in [0.05, 0.1) is 5.56 Å². The summed E-state index contributed by atoms with van der Waals surface area (Å²) >= 11 is 0. The van der Waals surface area contributed by atoms with E-state index in [9.17, 15) is 4.79 Å². The summed E-state index contributed by atoms with van der Waals surface area (Å²) in [6, 6.07) is 3.36. The van der Waals surface area contributed by atoms with Crippen molar-refractivity contribution >= 4 is 5.97 Å². The van der Waals surface area contributed by atoms with Crippen molar-refractivity contribution < 1.29 is 9.53 Å². The summed E-state index contributed by atoms with van der Waals surface area (Å²) in [5, 5.41) is 0. The van der Waals surface area contributed by atoms with Crippen LogP contribution < -0.4 is 0 Å². The molecular formula is C15H22N2O2. The number of hydrogen-bond acceptors (Lipinski definition) is 4. The second-order valence-corrected chi connectivity index (χ2v) is 5.14. The lowest BCUT2D eigenvalue weighted by Gasteiger charge is -2.27. The molecule has 1 saturated heterocycles. The number of nitrogens with zero attached hydrogens (tertiary/aromatic N) is 2. The minimum atomic E-state index is -0.256. The molecule has 1 aliphatic heterocycles. The molecule has 2 heterocycles. The molecule has 0 spiro atoms. The molecular weight excluding hydrogens is 240 g/mol. The number of aromatic nitrogens is 1. The molecule has 19 heavy (non-hydrogen) atoms. The summed E-state index contributed by atoms with van der Waals surface area (Å²) in [5.41, 5.74) is 0.569. The maximum absolute atomic E-state index is 11.8. The van der Waals surface area contributed by atoms with Crippen molar-refractivity contribution in [3.05, 3.63) is 30.1 Å². The molecule has 0 N–H and O–H groups in total. The first-order valence-corrected chi connectivity index (χ1v) is 7.09. The normalized spacial score (nSPS) is 17.9. The molecule has 2 rings (SSSR count). The first-order chi connectivity index (χ1) is 9.25. The van der Waals surface area contributed by atoms with Gasteiger partial charge in [-0.3, -0.25) is 4.98 Å². The van der Waals surface area contributed by atoms with E-state index in [-0.39, 0.29) is 12.1 Å². The van der Waals surface area contributed by atoms with Crippen molar-refractivity contribution in [2.24, 2.45) is 0 Å². The van der Waals surface area contributed by atoms with Crippen LogP contribution in [0.4, 0.5) is 0 Å². The predicted octanol–water partition coefficient (Wildman–Crippen LogP) is 2.50. The zero-order valence-corrected chi connectivity index (χ0v) is 11.5. The Balaban J connectivity index is 1.71. The number of piperidine rings is 1. The maximum Gasteiger partial charge on any atom is 0.338 e. The summed E-state index contributed by atoms with van der Waals surface area (Å²) in [7, 11) is 0. The van der Waals surface area contributed by atoms with Gasteiger partial charge in [0, 0.05) is 18.9 Å². The van der Waals surface area contributed by atoms with Crippen molar-refractivity contribution in [3.8, 4) is 0 Å². The predicted molar refractivity (Wildman–Crippen MR) is 74.0 cm³/mol. The number of likely N-dealkylation sites (tertiary alicyclic amines) is 1. The van der Waals surface area contributed by atoms with Gasteiger partial charge in [-0.1, -0.05) is 6.42 Å². The number of rotatable bonds is 5. The quantitative estimate of drug-likeness (QED) is 0.765. The van der Waals surface area contributed by atoms with Crippen LogP contribution in [-0.4, -0.2) is 41.6 Å².